The number of carbonyl (C=O) groups excluding carboxylic acids is 2. The number of carbonyl (C=O) groups is 2. The van der Waals surface area contributed by atoms with E-state index in [1.807, 2.05) is 54.6 Å². The third-order valence-corrected chi connectivity index (χ3v) is 6.37. The summed E-state index contributed by atoms with van der Waals surface area (Å²) in [5, 5.41) is 2.96. The Bertz CT molecular complexity index is 1070. The SMILES string of the molecule is COc1ccccc1NC(=O)C(CSCc1ccccc1)N1Cc2ccccc2C1=O. The molecule has 1 unspecified atom stereocenters. The summed E-state index contributed by atoms with van der Waals surface area (Å²) in [6.07, 6.45) is 0. The molecule has 0 spiro atoms. The lowest BCUT2D eigenvalue weighted by molar-refractivity contribution is -0.119. The van der Waals surface area contributed by atoms with Gasteiger partial charge in [-0.25, -0.2) is 0 Å². The van der Waals surface area contributed by atoms with Gasteiger partial charge in [-0.1, -0.05) is 60.7 Å². The van der Waals surface area contributed by atoms with E-state index in [2.05, 4.69) is 17.4 Å². The van der Waals surface area contributed by atoms with Gasteiger partial charge in [-0.05, 0) is 29.3 Å². The molecule has 0 saturated heterocycles. The highest BCUT2D eigenvalue weighted by Gasteiger charge is 2.36. The van der Waals surface area contributed by atoms with Crippen LogP contribution in [0.25, 0.3) is 0 Å². The number of nitrogens with one attached hydrogen (secondary N) is 1. The van der Waals surface area contributed by atoms with E-state index >= 15 is 0 Å². The molecule has 158 valence electrons. The van der Waals surface area contributed by atoms with Gasteiger partial charge in [-0.3, -0.25) is 9.59 Å². The summed E-state index contributed by atoms with van der Waals surface area (Å²) in [4.78, 5) is 28.1. The highest BCUT2D eigenvalue weighted by Crippen LogP contribution is 2.29. The lowest BCUT2D eigenvalue weighted by Crippen LogP contribution is -2.46. The molecule has 0 aromatic heterocycles. The summed E-state index contributed by atoms with van der Waals surface area (Å²) in [6, 6.07) is 24.3. The van der Waals surface area contributed by atoms with Crippen molar-refractivity contribution in [3.63, 3.8) is 0 Å². The first-order valence-electron chi connectivity index (χ1n) is 10.1. The number of fused-ring (bicyclic) bond motifs is 1. The van der Waals surface area contributed by atoms with Crippen LogP contribution in [0, 0.1) is 0 Å². The third-order valence-electron chi connectivity index (χ3n) is 5.28. The topological polar surface area (TPSA) is 58.6 Å². The van der Waals surface area contributed by atoms with Crippen LogP contribution in [-0.2, 0) is 17.1 Å². The number of rotatable bonds is 8. The number of methoxy groups -OCH3 is 1. The largest absolute Gasteiger partial charge is 0.495 e. The number of anilines is 1. The van der Waals surface area contributed by atoms with Crippen LogP contribution < -0.4 is 10.1 Å². The van der Waals surface area contributed by atoms with E-state index in [4.69, 9.17) is 4.74 Å². The molecule has 4 rings (SSSR count). The molecular weight excluding hydrogens is 408 g/mol. The summed E-state index contributed by atoms with van der Waals surface area (Å²) in [5.74, 6) is 1.54. The van der Waals surface area contributed by atoms with Crippen LogP contribution >= 0.6 is 11.8 Å². The van der Waals surface area contributed by atoms with Gasteiger partial charge in [-0.2, -0.15) is 11.8 Å². The van der Waals surface area contributed by atoms with Crippen molar-refractivity contribution >= 4 is 29.3 Å². The molecule has 0 radical (unpaired) electrons. The van der Waals surface area contributed by atoms with E-state index in [1.165, 1.54) is 5.56 Å². The highest BCUT2D eigenvalue weighted by atomic mass is 32.2. The number of benzene rings is 3. The zero-order chi connectivity index (χ0) is 21.6. The fraction of sp³-hybridized carbons (Fsp3) is 0.200. The first-order valence-corrected chi connectivity index (χ1v) is 11.3. The Morgan fingerprint density at radius 2 is 1.74 bits per heavy atom. The molecule has 0 saturated carbocycles. The monoisotopic (exact) mass is 432 g/mol. The minimum absolute atomic E-state index is 0.101. The van der Waals surface area contributed by atoms with E-state index in [9.17, 15) is 9.59 Å². The molecule has 0 bridgehead atoms. The van der Waals surface area contributed by atoms with E-state index in [0.717, 1.165) is 11.3 Å². The van der Waals surface area contributed by atoms with Crippen molar-refractivity contribution in [1.82, 2.24) is 4.90 Å². The Balaban J connectivity index is 1.53. The third kappa shape index (κ3) is 4.75. The maximum Gasteiger partial charge on any atom is 0.255 e. The molecule has 2 amide bonds. The van der Waals surface area contributed by atoms with Gasteiger partial charge in [0.25, 0.3) is 5.91 Å². The summed E-state index contributed by atoms with van der Waals surface area (Å²) in [7, 11) is 1.57. The Morgan fingerprint density at radius 3 is 2.52 bits per heavy atom. The number of amides is 2. The minimum Gasteiger partial charge on any atom is -0.495 e. The molecule has 31 heavy (non-hydrogen) atoms. The molecule has 6 heteroatoms. The molecule has 1 aliphatic rings. The van der Waals surface area contributed by atoms with Crippen molar-refractivity contribution < 1.29 is 14.3 Å². The van der Waals surface area contributed by atoms with Crippen molar-refractivity contribution in [2.24, 2.45) is 0 Å². The summed E-state index contributed by atoms with van der Waals surface area (Å²) in [5.41, 5.74) is 3.41. The number of ether oxygens (including phenoxy) is 1. The van der Waals surface area contributed by atoms with Gasteiger partial charge in [0.2, 0.25) is 5.91 Å². The second-order valence-electron chi connectivity index (χ2n) is 7.30. The van der Waals surface area contributed by atoms with Crippen LogP contribution in [0.15, 0.2) is 78.9 Å². The van der Waals surface area contributed by atoms with Gasteiger partial charge in [0.15, 0.2) is 0 Å². The van der Waals surface area contributed by atoms with Crippen LogP contribution in [0.4, 0.5) is 5.69 Å². The summed E-state index contributed by atoms with van der Waals surface area (Å²) < 4.78 is 5.36. The van der Waals surface area contributed by atoms with Gasteiger partial charge in [0.1, 0.15) is 11.8 Å². The van der Waals surface area contributed by atoms with Crippen molar-refractivity contribution in [3.8, 4) is 5.75 Å². The molecule has 3 aromatic rings. The summed E-state index contributed by atoms with van der Waals surface area (Å²) >= 11 is 1.64. The van der Waals surface area contributed by atoms with Crippen molar-refractivity contribution in [2.75, 3.05) is 18.2 Å². The zero-order valence-electron chi connectivity index (χ0n) is 17.3. The van der Waals surface area contributed by atoms with Gasteiger partial charge < -0.3 is 15.0 Å². The molecular formula is C25H24N2O3S. The normalized spacial score (nSPS) is 13.6. The average Bonchev–Trinajstić information content (AvgIpc) is 3.14. The van der Waals surface area contributed by atoms with Crippen LogP contribution in [-0.4, -0.2) is 35.6 Å². The van der Waals surface area contributed by atoms with Crippen molar-refractivity contribution in [1.29, 1.82) is 0 Å². The molecule has 3 aromatic carbocycles. The minimum atomic E-state index is -0.599. The number of thioether (sulfide) groups is 1. The Labute approximate surface area is 186 Å². The Morgan fingerprint density at radius 1 is 1.03 bits per heavy atom. The van der Waals surface area contributed by atoms with Crippen molar-refractivity contribution in [2.45, 2.75) is 18.3 Å². The Hall–Kier alpha value is -3.25. The first kappa shape index (κ1) is 21.0. The second-order valence-corrected chi connectivity index (χ2v) is 8.33. The van der Waals surface area contributed by atoms with Crippen molar-refractivity contribution in [3.05, 3.63) is 95.6 Å². The van der Waals surface area contributed by atoms with Gasteiger partial charge in [0, 0.05) is 23.6 Å². The highest BCUT2D eigenvalue weighted by molar-refractivity contribution is 7.98. The zero-order valence-corrected chi connectivity index (χ0v) is 18.1. The predicted octanol–water partition coefficient (Wildman–Crippen LogP) is 4.59. The molecule has 0 fully saturated rings. The van der Waals surface area contributed by atoms with Crippen LogP contribution in [0.3, 0.4) is 0 Å². The molecule has 5 nitrogen and oxygen atoms in total. The maximum absolute atomic E-state index is 13.3. The fourth-order valence-electron chi connectivity index (χ4n) is 3.66. The number of para-hydroxylation sites is 2. The number of nitrogens with zero attached hydrogens (tertiary/aromatic N) is 1. The van der Waals surface area contributed by atoms with E-state index in [0.29, 0.717) is 29.3 Å². The summed E-state index contributed by atoms with van der Waals surface area (Å²) in [6.45, 7) is 0.435. The predicted molar refractivity (Wildman–Crippen MR) is 124 cm³/mol. The van der Waals surface area contributed by atoms with Gasteiger partial charge in [0.05, 0.1) is 12.8 Å². The van der Waals surface area contributed by atoms with E-state index < -0.39 is 6.04 Å². The van der Waals surface area contributed by atoms with E-state index in [-0.39, 0.29) is 11.8 Å². The molecule has 1 heterocycles. The molecule has 0 aliphatic carbocycles. The second kappa shape index (κ2) is 9.71. The number of hydrogen-bond acceptors (Lipinski definition) is 4. The van der Waals surface area contributed by atoms with Gasteiger partial charge in [-0.15, -0.1) is 0 Å². The van der Waals surface area contributed by atoms with Crippen LogP contribution in [0.5, 0.6) is 5.75 Å². The van der Waals surface area contributed by atoms with Gasteiger partial charge >= 0.3 is 0 Å². The Kier molecular flexibility index (Phi) is 6.57. The first-order chi connectivity index (χ1) is 15.2. The quantitative estimate of drug-likeness (QED) is 0.566. The standard InChI is InChI=1S/C25H24N2O3S/c1-30-23-14-8-7-13-21(23)26-24(28)22(17-31-16-18-9-3-2-4-10-18)27-15-19-11-5-6-12-20(19)25(27)29/h2-14,22H,15-17H2,1H3,(H,26,28). The maximum atomic E-state index is 13.3. The number of hydrogen-bond donors (Lipinski definition) is 1. The molecule has 1 aliphatic heterocycles. The van der Waals surface area contributed by atoms with Crippen LogP contribution in [0.2, 0.25) is 0 Å². The average molecular weight is 433 g/mol. The smallest absolute Gasteiger partial charge is 0.255 e. The lowest BCUT2D eigenvalue weighted by atomic mass is 10.1. The van der Waals surface area contributed by atoms with Crippen LogP contribution in [0.1, 0.15) is 21.5 Å². The fourth-order valence-corrected chi connectivity index (χ4v) is 4.76. The van der Waals surface area contributed by atoms with E-state index in [1.54, 1.807) is 35.9 Å². The molecule has 1 N–H and O–H groups in total. The molecule has 1 atom stereocenters. The lowest BCUT2D eigenvalue weighted by Gasteiger charge is -2.27.